The summed E-state index contributed by atoms with van der Waals surface area (Å²) < 4.78 is 0. The monoisotopic (exact) mass is 328 g/mol. The third kappa shape index (κ3) is 4.10. The van der Waals surface area contributed by atoms with Crippen LogP contribution in [0.3, 0.4) is 0 Å². The number of nitrogens with zero attached hydrogens (tertiary/aromatic N) is 4. The van der Waals surface area contributed by atoms with E-state index in [-0.39, 0.29) is 5.91 Å². The summed E-state index contributed by atoms with van der Waals surface area (Å²) in [6.07, 6.45) is 4.35. The van der Waals surface area contributed by atoms with Gasteiger partial charge in [-0.2, -0.15) is 10.2 Å². The molecule has 0 bridgehead atoms. The van der Waals surface area contributed by atoms with E-state index in [1.54, 1.807) is 6.20 Å². The fourth-order valence-electron chi connectivity index (χ4n) is 2.99. The van der Waals surface area contributed by atoms with Crippen molar-refractivity contribution in [3.63, 3.8) is 0 Å². The SMILES string of the molecule is CC(C)Cc1cc(C(=O)N2CCC(Nc3cccnn3)CC2)n[nH]1. The summed E-state index contributed by atoms with van der Waals surface area (Å²) in [6, 6.07) is 5.97. The van der Waals surface area contributed by atoms with E-state index in [0.29, 0.717) is 17.7 Å². The first kappa shape index (κ1) is 16.4. The van der Waals surface area contributed by atoms with Crippen LogP contribution in [0.2, 0.25) is 0 Å². The van der Waals surface area contributed by atoms with Crippen molar-refractivity contribution in [2.75, 3.05) is 18.4 Å². The Morgan fingerprint density at radius 3 is 2.88 bits per heavy atom. The van der Waals surface area contributed by atoms with Gasteiger partial charge in [-0.3, -0.25) is 9.89 Å². The van der Waals surface area contributed by atoms with Gasteiger partial charge in [0.05, 0.1) is 0 Å². The van der Waals surface area contributed by atoms with E-state index in [4.69, 9.17) is 0 Å². The van der Waals surface area contributed by atoms with Crippen molar-refractivity contribution in [3.8, 4) is 0 Å². The third-order valence-corrected chi connectivity index (χ3v) is 4.18. The van der Waals surface area contributed by atoms with Crippen molar-refractivity contribution < 1.29 is 4.79 Å². The summed E-state index contributed by atoms with van der Waals surface area (Å²) in [5.41, 5.74) is 1.54. The molecule has 2 aromatic rings. The molecule has 3 rings (SSSR count). The van der Waals surface area contributed by atoms with Crippen LogP contribution >= 0.6 is 0 Å². The Hall–Kier alpha value is -2.44. The molecule has 1 saturated heterocycles. The molecule has 7 heteroatoms. The van der Waals surface area contributed by atoms with Gasteiger partial charge >= 0.3 is 0 Å². The zero-order chi connectivity index (χ0) is 16.9. The molecule has 0 unspecified atom stereocenters. The van der Waals surface area contributed by atoms with Crippen LogP contribution in [-0.2, 0) is 6.42 Å². The number of likely N-dealkylation sites (tertiary alicyclic amines) is 1. The van der Waals surface area contributed by atoms with Crippen molar-refractivity contribution in [1.82, 2.24) is 25.3 Å². The summed E-state index contributed by atoms with van der Waals surface area (Å²) in [4.78, 5) is 14.4. The highest BCUT2D eigenvalue weighted by molar-refractivity contribution is 5.92. The molecule has 0 spiro atoms. The zero-order valence-corrected chi connectivity index (χ0v) is 14.2. The predicted octanol–water partition coefficient (Wildman–Crippen LogP) is 2.11. The molecule has 2 N–H and O–H groups in total. The second-order valence-electron chi connectivity index (χ2n) is 6.70. The molecule has 0 aliphatic carbocycles. The maximum Gasteiger partial charge on any atom is 0.274 e. The van der Waals surface area contributed by atoms with Crippen molar-refractivity contribution in [3.05, 3.63) is 35.8 Å². The van der Waals surface area contributed by atoms with Gasteiger partial charge in [0.2, 0.25) is 0 Å². The van der Waals surface area contributed by atoms with Gasteiger partial charge in [0.1, 0.15) is 11.5 Å². The maximum absolute atomic E-state index is 12.6. The minimum atomic E-state index is 0.0132. The predicted molar refractivity (Wildman–Crippen MR) is 91.7 cm³/mol. The standard InChI is InChI=1S/C17H24N6O/c1-12(2)10-14-11-15(21-20-14)17(24)23-8-5-13(6-9-23)19-16-4-3-7-18-22-16/h3-4,7,11-13H,5-6,8-10H2,1-2H3,(H,19,22)(H,20,21). The van der Waals surface area contributed by atoms with E-state index < -0.39 is 0 Å². The Morgan fingerprint density at radius 1 is 1.42 bits per heavy atom. The average molecular weight is 328 g/mol. The van der Waals surface area contributed by atoms with E-state index in [2.05, 4.69) is 39.6 Å². The number of amides is 1. The fourth-order valence-corrected chi connectivity index (χ4v) is 2.99. The summed E-state index contributed by atoms with van der Waals surface area (Å²) in [5.74, 6) is 1.34. The number of carbonyl (C=O) groups is 1. The number of H-pyrrole nitrogens is 1. The molecule has 24 heavy (non-hydrogen) atoms. The lowest BCUT2D eigenvalue weighted by Crippen LogP contribution is -2.42. The molecule has 0 atom stereocenters. The number of anilines is 1. The van der Waals surface area contributed by atoms with Crippen LogP contribution in [0.25, 0.3) is 0 Å². The number of nitrogens with one attached hydrogen (secondary N) is 2. The first-order chi connectivity index (χ1) is 11.6. The minimum Gasteiger partial charge on any atom is -0.366 e. The molecule has 0 radical (unpaired) electrons. The fraction of sp³-hybridized carbons (Fsp3) is 0.529. The molecule has 1 amide bonds. The number of aromatic amines is 1. The van der Waals surface area contributed by atoms with Crippen molar-refractivity contribution >= 4 is 11.7 Å². The van der Waals surface area contributed by atoms with Crippen LogP contribution in [0, 0.1) is 5.92 Å². The summed E-state index contributed by atoms with van der Waals surface area (Å²) in [7, 11) is 0. The first-order valence-electron chi connectivity index (χ1n) is 8.49. The second kappa shape index (κ2) is 7.42. The van der Waals surface area contributed by atoms with Crippen molar-refractivity contribution in [2.45, 2.75) is 39.2 Å². The Labute approximate surface area is 141 Å². The smallest absolute Gasteiger partial charge is 0.274 e. The summed E-state index contributed by atoms with van der Waals surface area (Å²) >= 11 is 0. The van der Waals surface area contributed by atoms with E-state index >= 15 is 0 Å². The van der Waals surface area contributed by atoms with Crippen LogP contribution in [0.15, 0.2) is 24.4 Å². The number of hydrogen-bond donors (Lipinski definition) is 2. The van der Waals surface area contributed by atoms with E-state index in [0.717, 1.165) is 43.9 Å². The van der Waals surface area contributed by atoms with Crippen LogP contribution in [-0.4, -0.2) is 50.3 Å². The average Bonchev–Trinajstić information content (AvgIpc) is 3.03. The number of rotatable bonds is 5. The summed E-state index contributed by atoms with van der Waals surface area (Å²) in [6.45, 7) is 5.75. The van der Waals surface area contributed by atoms with Gasteiger partial charge < -0.3 is 10.2 Å². The van der Waals surface area contributed by atoms with Crippen LogP contribution in [0.1, 0.15) is 42.9 Å². The van der Waals surface area contributed by atoms with Gasteiger partial charge in [-0.15, -0.1) is 5.10 Å². The lowest BCUT2D eigenvalue weighted by molar-refractivity contribution is 0.0712. The van der Waals surface area contributed by atoms with Gasteiger partial charge in [0, 0.05) is 31.0 Å². The largest absolute Gasteiger partial charge is 0.366 e. The highest BCUT2D eigenvalue weighted by Gasteiger charge is 2.25. The van der Waals surface area contributed by atoms with Crippen LogP contribution in [0.5, 0.6) is 0 Å². The number of piperidine rings is 1. The van der Waals surface area contributed by atoms with E-state index in [1.165, 1.54) is 0 Å². The number of hydrogen-bond acceptors (Lipinski definition) is 5. The molecule has 2 aromatic heterocycles. The molecule has 3 heterocycles. The van der Waals surface area contributed by atoms with E-state index in [1.807, 2.05) is 23.1 Å². The quantitative estimate of drug-likeness (QED) is 0.878. The number of aromatic nitrogens is 4. The molecule has 1 aliphatic rings. The molecule has 1 fully saturated rings. The van der Waals surface area contributed by atoms with Gasteiger partial charge in [-0.25, -0.2) is 0 Å². The summed E-state index contributed by atoms with van der Waals surface area (Å²) in [5, 5.41) is 18.4. The van der Waals surface area contributed by atoms with Crippen LogP contribution < -0.4 is 5.32 Å². The van der Waals surface area contributed by atoms with Gasteiger partial charge in [0.25, 0.3) is 5.91 Å². The van der Waals surface area contributed by atoms with Gasteiger partial charge in [0.15, 0.2) is 0 Å². The second-order valence-corrected chi connectivity index (χ2v) is 6.70. The highest BCUT2D eigenvalue weighted by Crippen LogP contribution is 2.17. The topological polar surface area (TPSA) is 86.8 Å². The molecule has 7 nitrogen and oxygen atoms in total. The minimum absolute atomic E-state index is 0.0132. The third-order valence-electron chi connectivity index (χ3n) is 4.18. The molecule has 0 saturated carbocycles. The Balaban J connectivity index is 1.52. The van der Waals surface area contributed by atoms with E-state index in [9.17, 15) is 4.79 Å². The van der Waals surface area contributed by atoms with Gasteiger partial charge in [-0.1, -0.05) is 13.8 Å². The first-order valence-corrected chi connectivity index (χ1v) is 8.49. The Kier molecular flexibility index (Phi) is 5.08. The molecule has 0 aromatic carbocycles. The normalized spacial score (nSPS) is 15.7. The molecule has 128 valence electrons. The lowest BCUT2D eigenvalue weighted by Gasteiger charge is -2.32. The molecule has 1 aliphatic heterocycles. The Bertz CT molecular complexity index is 661. The highest BCUT2D eigenvalue weighted by atomic mass is 16.2. The number of carbonyl (C=O) groups excluding carboxylic acids is 1. The zero-order valence-electron chi connectivity index (χ0n) is 14.2. The van der Waals surface area contributed by atoms with Crippen LogP contribution in [0.4, 0.5) is 5.82 Å². The van der Waals surface area contributed by atoms with Gasteiger partial charge in [-0.05, 0) is 43.4 Å². The van der Waals surface area contributed by atoms with Crippen molar-refractivity contribution in [2.24, 2.45) is 5.92 Å². The molecular weight excluding hydrogens is 304 g/mol. The molecular formula is C17H24N6O. The lowest BCUT2D eigenvalue weighted by atomic mass is 10.0. The van der Waals surface area contributed by atoms with Crippen molar-refractivity contribution in [1.29, 1.82) is 0 Å². The maximum atomic E-state index is 12.6. The Morgan fingerprint density at radius 2 is 2.21 bits per heavy atom.